The third kappa shape index (κ3) is 3.07. The van der Waals surface area contributed by atoms with E-state index in [4.69, 9.17) is 0 Å². The Morgan fingerprint density at radius 2 is 2.11 bits per heavy atom. The van der Waals surface area contributed by atoms with E-state index in [2.05, 4.69) is 29.4 Å². The molecule has 19 heavy (non-hydrogen) atoms. The van der Waals surface area contributed by atoms with Crippen LogP contribution in [0.3, 0.4) is 0 Å². The minimum Gasteiger partial charge on any atom is -0.377 e. The summed E-state index contributed by atoms with van der Waals surface area (Å²) in [5.74, 6) is 0.592. The van der Waals surface area contributed by atoms with Crippen LogP contribution in [0, 0.1) is 18.8 Å². The van der Waals surface area contributed by atoms with Gasteiger partial charge in [-0.2, -0.15) is 0 Å². The largest absolute Gasteiger partial charge is 0.377 e. The summed E-state index contributed by atoms with van der Waals surface area (Å²) in [5.41, 5.74) is 3.22. The maximum atomic E-state index is 12.2. The number of hydrogen-bond donors (Lipinski definition) is 2. The zero-order valence-corrected chi connectivity index (χ0v) is 12.2. The van der Waals surface area contributed by atoms with E-state index in [1.807, 2.05) is 32.3 Å². The fraction of sp³-hybridized carbons (Fsp3) is 0.533. The van der Waals surface area contributed by atoms with Gasteiger partial charge < -0.3 is 15.5 Å². The first-order valence-electron chi connectivity index (χ1n) is 6.78. The summed E-state index contributed by atoms with van der Waals surface area (Å²) >= 11 is 0. The Morgan fingerprint density at radius 1 is 1.37 bits per heavy atom. The van der Waals surface area contributed by atoms with Crippen LogP contribution < -0.4 is 15.5 Å². The highest BCUT2D eigenvalue weighted by Gasteiger charge is 2.29. The van der Waals surface area contributed by atoms with Gasteiger partial charge in [0.1, 0.15) is 0 Å². The summed E-state index contributed by atoms with van der Waals surface area (Å²) in [7, 11) is 4.02. The fourth-order valence-electron chi connectivity index (χ4n) is 2.56. The Hall–Kier alpha value is -1.55. The molecule has 1 saturated heterocycles. The van der Waals surface area contributed by atoms with Crippen molar-refractivity contribution in [2.24, 2.45) is 11.8 Å². The molecule has 1 aromatic rings. The van der Waals surface area contributed by atoms with Gasteiger partial charge in [-0.3, -0.25) is 4.79 Å². The lowest BCUT2D eigenvalue weighted by atomic mass is 9.97. The molecular weight excluding hydrogens is 238 g/mol. The smallest absolute Gasteiger partial charge is 0.229 e. The quantitative estimate of drug-likeness (QED) is 0.873. The lowest BCUT2D eigenvalue weighted by Gasteiger charge is -2.18. The topological polar surface area (TPSA) is 44.4 Å². The number of nitrogens with zero attached hydrogens (tertiary/aromatic N) is 1. The number of nitrogens with one attached hydrogen (secondary N) is 2. The Labute approximate surface area is 115 Å². The van der Waals surface area contributed by atoms with E-state index in [1.165, 1.54) is 5.56 Å². The maximum absolute atomic E-state index is 12.2. The molecule has 2 rings (SSSR count). The summed E-state index contributed by atoms with van der Waals surface area (Å²) in [6.07, 6.45) is 0. The first kappa shape index (κ1) is 13.9. The summed E-state index contributed by atoms with van der Waals surface area (Å²) in [5, 5.41) is 6.29. The molecule has 1 amide bonds. The average molecular weight is 261 g/mol. The van der Waals surface area contributed by atoms with Crippen molar-refractivity contribution in [3.63, 3.8) is 0 Å². The van der Waals surface area contributed by atoms with E-state index in [0.29, 0.717) is 5.92 Å². The van der Waals surface area contributed by atoms with Gasteiger partial charge in [-0.05, 0) is 37.1 Å². The molecule has 2 unspecified atom stereocenters. The highest BCUT2D eigenvalue weighted by molar-refractivity contribution is 5.93. The number of rotatable bonds is 3. The van der Waals surface area contributed by atoms with Crippen molar-refractivity contribution in [1.82, 2.24) is 5.32 Å². The van der Waals surface area contributed by atoms with Crippen LogP contribution >= 0.6 is 0 Å². The summed E-state index contributed by atoms with van der Waals surface area (Å²) in [4.78, 5) is 14.3. The second-order valence-electron chi connectivity index (χ2n) is 5.63. The van der Waals surface area contributed by atoms with Crippen molar-refractivity contribution < 1.29 is 4.79 Å². The van der Waals surface area contributed by atoms with Crippen molar-refractivity contribution in [3.05, 3.63) is 23.8 Å². The predicted molar refractivity (Wildman–Crippen MR) is 79.7 cm³/mol. The van der Waals surface area contributed by atoms with Crippen LogP contribution in [0.4, 0.5) is 11.4 Å². The predicted octanol–water partition coefficient (Wildman–Crippen LogP) is 1.86. The van der Waals surface area contributed by atoms with E-state index in [-0.39, 0.29) is 11.8 Å². The molecule has 0 saturated carbocycles. The van der Waals surface area contributed by atoms with Crippen LogP contribution in [0.25, 0.3) is 0 Å². The monoisotopic (exact) mass is 261 g/mol. The van der Waals surface area contributed by atoms with Gasteiger partial charge in [0.05, 0.1) is 5.92 Å². The van der Waals surface area contributed by atoms with Gasteiger partial charge in [0, 0.05) is 32.0 Å². The Bertz CT molecular complexity index is 470. The molecule has 4 heteroatoms. The van der Waals surface area contributed by atoms with Crippen molar-refractivity contribution in [2.45, 2.75) is 13.8 Å². The summed E-state index contributed by atoms with van der Waals surface area (Å²) < 4.78 is 0. The lowest BCUT2D eigenvalue weighted by molar-refractivity contribution is -0.120. The second-order valence-corrected chi connectivity index (χ2v) is 5.63. The minimum atomic E-state index is 0.0732. The number of benzene rings is 1. The number of anilines is 2. The molecule has 1 heterocycles. The molecule has 1 aliphatic heterocycles. The summed E-state index contributed by atoms with van der Waals surface area (Å²) in [6.45, 7) is 5.89. The highest BCUT2D eigenvalue weighted by atomic mass is 16.1. The molecule has 0 spiro atoms. The molecule has 1 fully saturated rings. The van der Waals surface area contributed by atoms with Crippen molar-refractivity contribution >= 4 is 17.3 Å². The molecule has 4 nitrogen and oxygen atoms in total. The van der Waals surface area contributed by atoms with Crippen LogP contribution in [-0.2, 0) is 4.79 Å². The molecule has 2 N–H and O–H groups in total. The zero-order valence-electron chi connectivity index (χ0n) is 12.2. The minimum absolute atomic E-state index is 0.0732. The molecule has 0 aromatic heterocycles. The van der Waals surface area contributed by atoms with E-state index in [1.54, 1.807) is 0 Å². The lowest BCUT2D eigenvalue weighted by Crippen LogP contribution is -2.27. The second kappa shape index (κ2) is 5.61. The van der Waals surface area contributed by atoms with Gasteiger partial charge in [-0.15, -0.1) is 0 Å². The highest BCUT2D eigenvalue weighted by Crippen LogP contribution is 2.24. The first-order chi connectivity index (χ1) is 8.99. The number of carbonyl (C=O) groups is 1. The van der Waals surface area contributed by atoms with Gasteiger partial charge in [0.15, 0.2) is 0 Å². The Morgan fingerprint density at radius 3 is 2.68 bits per heavy atom. The molecule has 0 aliphatic carbocycles. The van der Waals surface area contributed by atoms with E-state index in [0.717, 1.165) is 24.5 Å². The maximum Gasteiger partial charge on any atom is 0.229 e. The standard InChI is InChI=1S/C15H23N3O/c1-10-5-6-12(7-14(10)18(3)4)17-15(19)13-9-16-8-11(13)2/h5-7,11,13,16H,8-9H2,1-4H3,(H,17,19). The average Bonchev–Trinajstić information content (AvgIpc) is 2.77. The Kier molecular flexibility index (Phi) is 4.10. The van der Waals surface area contributed by atoms with Gasteiger partial charge in [-0.25, -0.2) is 0 Å². The molecule has 0 radical (unpaired) electrons. The molecule has 0 bridgehead atoms. The van der Waals surface area contributed by atoms with Gasteiger partial charge in [0.25, 0.3) is 0 Å². The first-order valence-corrected chi connectivity index (χ1v) is 6.78. The number of hydrogen-bond acceptors (Lipinski definition) is 3. The van der Waals surface area contributed by atoms with Crippen molar-refractivity contribution in [1.29, 1.82) is 0 Å². The fourth-order valence-corrected chi connectivity index (χ4v) is 2.56. The molecule has 1 aromatic carbocycles. The van der Waals surface area contributed by atoms with E-state index in [9.17, 15) is 4.79 Å². The number of amides is 1. The third-order valence-electron chi connectivity index (χ3n) is 3.81. The van der Waals surface area contributed by atoms with Crippen LogP contribution in [-0.4, -0.2) is 33.1 Å². The van der Waals surface area contributed by atoms with Crippen molar-refractivity contribution in [2.75, 3.05) is 37.4 Å². The van der Waals surface area contributed by atoms with Crippen LogP contribution in [0.1, 0.15) is 12.5 Å². The molecule has 1 aliphatic rings. The number of carbonyl (C=O) groups excluding carboxylic acids is 1. The van der Waals surface area contributed by atoms with E-state index < -0.39 is 0 Å². The molecular formula is C15H23N3O. The van der Waals surface area contributed by atoms with Gasteiger partial charge in [-0.1, -0.05) is 13.0 Å². The SMILES string of the molecule is Cc1ccc(NC(=O)C2CNCC2C)cc1N(C)C. The van der Waals surface area contributed by atoms with Crippen LogP contribution in [0.15, 0.2) is 18.2 Å². The van der Waals surface area contributed by atoms with Crippen molar-refractivity contribution in [3.8, 4) is 0 Å². The van der Waals surface area contributed by atoms with Gasteiger partial charge >= 0.3 is 0 Å². The van der Waals surface area contributed by atoms with Crippen LogP contribution in [0.5, 0.6) is 0 Å². The van der Waals surface area contributed by atoms with Crippen LogP contribution in [0.2, 0.25) is 0 Å². The normalized spacial score (nSPS) is 22.3. The third-order valence-corrected chi connectivity index (χ3v) is 3.81. The molecule has 104 valence electrons. The Balaban J connectivity index is 2.11. The van der Waals surface area contributed by atoms with Gasteiger partial charge in [0.2, 0.25) is 5.91 Å². The molecule has 2 atom stereocenters. The zero-order chi connectivity index (χ0) is 14.0. The number of aryl methyl sites for hydroxylation is 1. The summed E-state index contributed by atoms with van der Waals surface area (Å²) in [6, 6.07) is 6.04. The van der Waals surface area contributed by atoms with E-state index >= 15 is 0 Å².